The summed E-state index contributed by atoms with van der Waals surface area (Å²) < 4.78 is 28.2. The molecule has 1 atom stereocenters. The van der Waals surface area contributed by atoms with Crippen molar-refractivity contribution >= 4 is 50.6 Å². The Balaban J connectivity index is 1.32. The molecular weight excluding hydrogens is 618 g/mol. The van der Waals surface area contributed by atoms with Crippen LogP contribution in [-0.2, 0) is 14.8 Å². The molecule has 3 N–H and O–H groups in total. The Morgan fingerprint density at radius 3 is 2.36 bits per heavy atom. The van der Waals surface area contributed by atoms with E-state index in [9.17, 15) is 23.1 Å². The number of carbonyl (C=O) groups excluding carboxylic acids is 1. The van der Waals surface area contributed by atoms with Crippen molar-refractivity contribution in [2.24, 2.45) is 5.41 Å². The number of fused-ring (bicyclic) bond motifs is 1. The molecule has 1 aliphatic carbocycles. The van der Waals surface area contributed by atoms with Crippen LogP contribution in [0.25, 0.3) is 22.3 Å². The molecule has 1 fully saturated rings. The molecule has 2 amide bonds. The summed E-state index contributed by atoms with van der Waals surface area (Å²) in [6.45, 7) is 5.52. The van der Waals surface area contributed by atoms with Crippen LogP contribution in [0.3, 0.4) is 0 Å². The lowest BCUT2D eigenvalue weighted by Crippen LogP contribution is -2.56. The molecule has 0 saturated heterocycles. The maximum atomic E-state index is 13.5. The van der Waals surface area contributed by atoms with Crippen molar-refractivity contribution in [3.63, 3.8) is 0 Å². The molecular formula is C31H36ClN7O5S. The largest absolute Gasteiger partial charge is 0.465 e. The van der Waals surface area contributed by atoms with Crippen LogP contribution in [0.2, 0.25) is 5.15 Å². The zero-order valence-corrected chi connectivity index (χ0v) is 27.0. The Morgan fingerprint density at radius 1 is 1.04 bits per heavy atom. The first-order chi connectivity index (χ1) is 21.3. The van der Waals surface area contributed by atoms with Crippen LogP contribution in [0.5, 0.6) is 0 Å². The second-order valence-corrected chi connectivity index (χ2v) is 14.5. The highest BCUT2D eigenvalue weighted by atomic mass is 35.5. The van der Waals surface area contributed by atoms with E-state index in [1.165, 1.54) is 31.6 Å². The molecule has 0 radical (unpaired) electrons. The summed E-state index contributed by atoms with van der Waals surface area (Å²) in [5.74, 6) is -0.00821. The SMILES string of the molecule is CN(C(=O)O)C(C(=O)NC1CCC(Nc2nc(Cl)cc(-c3cn(S(=O)(=O)c4ccccc4)c4ncccc34)n2)CC1)C(C)(C)C. The highest BCUT2D eigenvalue weighted by molar-refractivity contribution is 7.90. The van der Waals surface area contributed by atoms with E-state index in [1.807, 2.05) is 20.8 Å². The third-order valence-corrected chi connectivity index (χ3v) is 9.83. The summed E-state index contributed by atoms with van der Waals surface area (Å²) in [4.78, 5) is 39.3. The van der Waals surface area contributed by atoms with E-state index < -0.39 is 27.6 Å². The number of halogens is 1. The Bertz CT molecular complexity index is 1820. The monoisotopic (exact) mass is 653 g/mol. The zero-order chi connectivity index (χ0) is 32.5. The normalized spacial score (nSPS) is 17.9. The van der Waals surface area contributed by atoms with Gasteiger partial charge in [0.05, 0.1) is 10.6 Å². The van der Waals surface area contributed by atoms with Gasteiger partial charge in [0, 0.05) is 48.5 Å². The topological polar surface area (TPSA) is 159 Å². The first-order valence-corrected chi connectivity index (χ1v) is 16.4. The molecule has 238 valence electrons. The van der Waals surface area contributed by atoms with Crippen molar-refractivity contribution in [2.45, 2.75) is 69.5 Å². The smallest absolute Gasteiger partial charge is 0.407 e. The number of benzene rings is 1. The van der Waals surface area contributed by atoms with Crippen LogP contribution in [-0.4, -0.2) is 74.5 Å². The molecule has 12 nitrogen and oxygen atoms in total. The van der Waals surface area contributed by atoms with Gasteiger partial charge < -0.3 is 15.7 Å². The molecule has 5 rings (SSSR count). The van der Waals surface area contributed by atoms with Crippen molar-refractivity contribution in [1.29, 1.82) is 0 Å². The van der Waals surface area contributed by atoms with Crippen LogP contribution in [0, 0.1) is 5.41 Å². The van der Waals surface area contributed by atoms with E-state index in [-0.39, 0.29) is 33.7 Å². The summed E-state index contributed by atoms with van der Waals surface area (Å²) in [6.07, 6.45) is 4.67. The van der Waals surface area contributed by atoms with E-state index in [1.54, 1.807) is 36.4 Å². The van der Waals surface area contributed by atoms with E-state index in [0.29, 0.717) is 48.3 Å². The van der Waals surface area contributed by atoms with Gasteiger partial charge in [-0.15, -0.1) is 0 Å². The number of hydrogen-bond acceptors (Lipinski definition) is 8. The molecule has 3 aromatic heterocycles. The Kier molecular flexibility index (Phi) is 9.04. The summed E-state index contributed by atoms with van der Waals surface area (Å²) in [5, 5.41) is 16.7. The fourth-order valence-corrected chi connectivity index (χ4v) is 7.38. The quantitative estimate of drug-likeness (QED) is 0.216. The number of hydrogen-bond donors (Lipinski definition) is 3. The number of nitrogens with one attached hydrogen (secondary N) is 2. The number of carboxylic acid groups (broad SMARTS) is 1. The molecule has 0 aliphatic heterocycles. The van der Waals surface area contributed by atoms with Gasteiger partial charge in [0.1, 0.15) is 11.2 Å². The number of rotatable bonds is 8. The standard InChI is InChI=1S/C31H36ClN7O5S/c1-31(2,3)26(38(4)30(41)42)28(40)34-19-12-14-20(15-13-19)35-29-36-24(17-25(32)37-29)23-18-39(27-22(23)11-8-16-33-27)45(43,44)21-9-6-5-7-10-21/h5-11,16-20,26H,12-15H2,1-4H3,(H,34,40)(H,41,42)(H,35,36,37). The Hall–Kier alpha value is -4.23. The Labute approximate surface area is 266 Å². The van der Waals surface area contributed by atoms with Gasteiger partial charge >= 0.3 is 6.09 Å². The third-order valence-electron chi connectivity index (χ3n) is 7.97. The molecule has 4 aromatic rings. The first kappa shape index (κ1) is 32.2. The molecule has 3 heterocycles. The minimum Gasteiger partial charge on any atom is -0.465 e. The predicted molar refractivity (Wildman–Crippen MR) is 172 cm³/mol. The molecule has 0 spiro atoms. The van der Waals surface area contributed by atoms with Gasteiger partial charge in [-0.25, -0.2) is 32.1 Å². The van der Waals surface area contributed by atoms with E-state index in [0.717, 1.165) is 8.87 Å². The number of nitrogens with zero attached hydrogens (tertiary/aromatic N) is 5. The average Bonchev–Trinajstić information content (AvgIpc) is 3.38. The van der Waals surface area contributed by atoms with Gasteiger partial charge in [0.15, 0.2) is 5.65 Å². The van der Waals surface area contributed by atoms with E-state index >= 15 is 0 Å². The number of anilines is 1. The average molecular weight is 654 g/mol. The zero-order valence-electron chi connectivity index (χ0n) is 25.4. The van der Waals surface area contributed by atoms with Gasteiger partial charge in [0.25, 0.3) is 10.0 Å². The van der Waals surface area contributed by atoms with E-state index in [4.69, 9.17) is 16.6 Å². The molecule has 0 bridgehead atoms. The molecule has 1 saturated carbocycles. The van der Waals surface area contributed by atoms with Gasteiger partial charge in [-0.05, 0) is 55.4 Å². The lowest BCUT2D eigenvalue weighted by molar-refractivity contribution is -0.129. The summed E-state index contributed by atoms with van der Waals surface area (Å²) in [5.41, 5.74) is 0.667. The highest BCUT2D eigenvalue weighted by Gasteiger charge is 2.38. The summed E-state index contributed by atoms with van der Waals surface area (Å²) in [7, 11) is -2.52. The van der Waals surface area contributed by atoms with Crippen LogP contribution in [0.4, 0.5) is 10.7 Å². The number of carbonyl (C=O) groups is 2. The third kappa shape index (κ3) is 6.89. The number of aromatic nitrogens is 4. The number of pyridine rings is 1. The molecule has 45 heavy (non-hydrogen) atoms. The van der Waals surface area contributed by atoms with Crippen LogP contribution in [0.1, 0.15) is 46.5 Å². The fourth-order valence-electron chi connectivity index (χ4n) is 5.85. The van der Waals surface area contributed by atoms with Crippen molar-refractivity contribution in [2.75, 3.05) is 12.4 Å². The summed E-state index contributed by atoms with van der Waals surface area (Å²) in [6, 6.07) is 12.3. The predicted octanol–water partition coefficient (Wildman–Crippen LogP) is 5.25. The Morgan fingerprint density at radius 2 is 1.71 bits per heavy atom. The van der Waals surface area contributed by atoms with Gasteiger partial charge in [0.2, 0.25) is 11.9 Å². The maximum Gasteiger partial charge on any atom is 0.407 e. The molecule has 1 aromatic carbocycles. The minimum absolute atomic E-state index is 0.00559. The van der Waals surface area contributed by atoms with Gasteiger partial charge in [-0.2, -0.15) is 0 Å². The van der Waals surface area contributed by atoms with Gasteiger partial charge in [-0.1, -0.05) is 50.6 Å². The van der Waals surface area contributed by atoms with Crippen molar-refractivity contribution < 1.29 is 23.1 Å². The van der Waals surface area contributed by atoms with E-state index in [2.05, 4.69) is 20.6 Å². The molecule has 14 heteroatoms. The van der Waals surface area contributed by atoms with Crippen molar-refractivity contribution in [1.82, 2.24) is 29.1 Å². The van der Waals surface area contributed by atoms with Crippen LogP contribution < -0.4 is 10.6 Å². The van der Waals surface area contributed by atoms with Crippen LogP contribution >= 0.6 is 11.6 Å². The van der Waals surface area contributed by atoms with Crippen molar-refractivity contribution in [3.8, 4) is 11.3 Å². The molecule has 1 unspecified atom stereocenters. The second kappa shape index (κ2) is 12.6. The lowest BCUT2D eigenvalue weighted by atomic mass is 9.84. The van der Waals surface area contributed by atoms with Crippen LogP contribution in [0.15, 0.2) is 65.8 Å². The van der Waals surface area contributed by atoms with Crippen molar-refractivity contribution in [3.05, 3.63) is 66.1 Å². The fraction of sp³-hybridized carbons (Fsp3) is 0.387. The minimum atomic E-state index is -3.93. The summed E-state index contributed by atoms with van der Waals surface area (Å²) >= 11 is 6.43. The lowest BCUT2D eigenvalue weighted by Gasteiger charge is -2.37. The molecule has 1 aliphatic rings. The number of amides is 2. The first-order valence-electron chi connectivity index (χ1n) is 14.6. The number of likely N-dealkylation sites (N-methyl/N-ethyl adjacent to an activating group) is 1. The van der Waals surface area contributed by atoms with Gasteiger partial charge in [-0.3, -0.25) is 9.69 Å². The highest BCUT2D eigenvalue weighted by Crippen LogP contribution is 2.33. The second-order valence-electron chi connectivity index (χ2n) is 12.3. The maximum absolute atomic E-state index is 13.5.